The molecule has 67 valence electrons. The van der Waals surface area contributed by atoms with Gasteiger partial charge < -0.3 is 5.11 Å². The van der Waals surface area contributed by atoms with Crippen molar-refractivity contribution >= 4 is 16.8 Å². The number of phenols is 1. The van der Waals surface area contributed by atoms with Gasteiger partial charge in [0.15, 0.2) is 0 Å². The normalized spacial score (nSPS) is 9.43. The van der Waals surface area contributed by atoms with E-state index in [1.54, 1.807) is 12.1 Å². The molecule has 1 nitrogen and oxygen atoms in total. The Morgan fingerprint density at radius 1 is 1.14 bits per heavy atom. The van der Waals surface area contributed by atoms with E-state index >= 15 is 0 Å². The Hall–Kier alpha value is -0.656. The predicted octanol–water partition coefficient (Wildman–Crippen LogP) is 3.19. The van der Waals surface area contributed by atoms with Gasteiger partial charge >= 0.3 is 0 Å². The Labute approximate surface area is 108 Å². The smallest absolute Gasteiger partial charge is 0.123 e. The van der Waals surface area contributed by atoms with Crippen molar-refractivity contribution in [2.45, 2.75) is 0 Å². The van der Waals surface area contributed by atoms with E-state index in [0.717, 1.165) is 16.3 Å². The van der Waals surface area contributed by atoms with Gasteiger partial charge in [0.1, 0.15) is 5.75 Å². The Kier molecular flexibility index (Phi) is 3.85. The summed E-state index contributed by atoms with van der Waals surface area (Å²) in [5.41, 5.74) is 1.02. The third-order valence-corrected chi connectivity index (χ3v) is 2.12. The molecule has 14 heavy (non-hydrogen) atoms. The second kappa shape index (κ2) is 4.72. The molecule has 0 aliphatic heterocycles. The van der Waals surface area contributed by atoms with Gasteiger partial charge in [0, 0.05) is 38.1 Å². The summed E-state index contributed by atoms with van der Waals surface area (Å²) in [6.45, 7) is 3.69. The van der Waals surface area contributed by atoms with E-state index in [0.29, 0.717) is 5.75 Å². The summed E-state index contributed by atoms with van der Waals surface area (Å²) in [7, 11) is 0. The van der Waals surface area contributed by atoms with Gasteiger partial charge in [0.05, 0.1) is 0 Å². The molecule has 0 aliphatic rings. The molecule has 2 aromatic rings. The van der Waals surface area contributed by atoms with Crippen LogP contribution in [0.2, 0.25) is 0 Å². The molecule has 0 aliphatic carbocycles. The van der Waals surface area contributed by atoms with Gasteiger partial charge in [0.2, 0.25) is 0 Å². The van der Waals surface area contributed by atoms with Crippen LogP contribution in [0.1, 0.15) is 5.56 Å². The van der Waals surface area contributed by atoms with Crippen molar-refractivity contribution in [1.29, 1.82) is 0 Å². The number of aromatic hydroxyl groups is 1. The van der Waals surface area contributed by atoms with Crippen LogP contribution in [0.15, 0.2) is 43.0 Å². The van der Waals surface area contributed by atoms with Gasteiger partial charge in [-0.25, -0.2) is 0 Å². The van der Waals surface area contributed by atoms with Crippen molar-refractivity contribution in [3.05, 3.63) is 48.5 Å². The maximum Gasteiger partial charge on any atom is 0.123 e. The molecule has 0 saturated carbocycles. The molecule has 0 amide bonds. The zero-order chi connectivity index (χ0) is 9.26. The monoisotopic (exact) mass is 259 g/mol. The van der Waals surface area contributed by atoms with Crippen molar-refractivity contribution in [3.63, 3.8) is 0 Å². The molecule has 0 bridgehead atoms. The zero-order valence-corrected chi connectivity index (χ0v) is 10.6. The van der Waals surface area contributed by atoms with Gasteiger partial charge in [-0.15, -0.1) is 0 Å². The van der Waals surface area contributed by atoms with E-state index in [2.05, 4.69) is 6.58 Å². The maximum absolute atomic E-state index is 9.56. The molecule has 0 aromatic heterocycles. The second-order valence-corrected chi connectivity index (χ2v) is 2.96. The fourth-order valence-electron chi connectivity index (χ4n) is 1.40. The van der Waals surface area contributed by atoms with E-state index in [9.17, 15) is 5.11 Å². The molecule has 1 radical (unpaired) electrons. The first-order chi connectivity index (χ1) is 6.31. The summed E-state index contributed by atoms with van der Waals surface area (Å²) >= 11 is 0. The largest absolute Gasteiger partial charge is 0.507 e. The fourth-order valence-corrected chi connectivity index (χ4v) is 1.40. The molecule has 2 rings (SSSR count). The van der Waals surface area contributed by atoms with E-state index in [1.807, 2.05) is 30.3 Å². The molecule has 0 fully saturated rings. The summed E-state index contributed by atoms with van der Waals surface area (Å²) in [4.78, 5) is 0. The quantitative estimate of drug-likeness (QED) is 0.833. The van der Waals surface area contributed by atoms with Crippen LogP contribution in [0.4, 0.5) is 0 Å². The Bertz CT molecular complexity index is 463. The molecule has 2 heteroatoms. The van der Waals surface area contributed by atoms with Crippen molar-refractivity contribution in [2.24, 2.45) is 0 Å². The molecular weight excluding hydrogens is 249 g/mol. The van der Waals surface area contributed by atoms with Crippen LogP contribution >= 0.6 is 0 Å². The summed E-state index contributed by atoms with van der Waals surface area (Å²) in [5.74, 6) is 0.321. The molecule has 0 heterocycles. The van der Waals surface area contributed by atoms with Crippen molar-refractivity contribution in [2.75, 3.05) is 0 Å². The topological polar surface area (TPSA) is 20.2 Å². The third-order valence-electron chi connectivity index (χ3n) is 2.12. The number of phenolic OH excluding ortho intramolecular Hbond substituents is 1. The van der Waals surface area contributed by atoms with Gasteiger partial charge in [0.25, 0.3) is 0 Å². The predicted molar refractivity (Wildman–Crippen MR) is 55.7 cm³/mol. The third kappa shape index (κ3) is 2.05. The summed E-state index contributed by atoms with van der Waals surface area (Å²) < 4.78 is 0. The SMILES string of the molecule is C=Cc1ccc2cccc(O)c2c1.[Y]. The van der Waals surface area contributed by atoms with E-state index in [1.165, 1.54) is 0 Å². The molecule has 0 saturated heterocycles. The molecule has 0 spiro atoms. The van der Waals surface area contributed by atoms with Crippen molar-refractivity contribution in [3.8, 4) is 5.75 Å². The molecule has 2 aromatic carbocycles. The van der Waals surface area contributed by atoms with Crippen molar-refractivity contribution < 1.29 is 37.8 Å². The van der Waals surface area contributed by atoms with Crippen LogP contribution in [0, 0.1) is 0 Å². The van der Waals surface area contributed by atoms with Crippen LogP contribution in [-0.4, -0.2) is 5.11 Å². The van der Waals surface area contributed by atoms with Crippen LogP contribution in [0.3, 0.4) is 0 Å². The minimum atomic E-state index is 0. The number of hydrogen-bond acceptors (Lipinski definition) is 1. The van der Waals surface area contributed by atoms with Gasteiger partial charge in [-0.1, -0.05) is 36.9 Å². The van der Waals surface area contributed by atoms with Crippen molar-refractivity contribution in [1.82, 2.24) is 0 Å². The van der Waals surface area contributed by atoms with Crippen LogP contribution in [0.25, 0.3) is 16.8 Å². The van der Waals surface area contributed by atoms with Crippen LogP contribution in [0.5, 0.6) is 5.75 Å². The first-order valence-corrected chi connectivity index (χ1v) is 4.15. The number of benzene rings is 2. The average molecular weight is 259 g/mol. The number of hydrogen-bond donors (Lipinski definition) is 1. The Morgan fingerprint density at radius 3 is 2.64 bits per heavy atom. The molecular formula is C12H10OY. The van der Waals surface area contributed by atoms with Gasteiger partial charge in [-0.05, 0) is 23.1 Å². The minimum Gasteiger partial charge on any atom is -0.507 e. The average Bonchev–Trinajstić information content (AvgIpc) is 2.18. The second-order valence-electron chi connectivity index (χ2n) is 2.96. The first kappa shape index (κ1) is 11.4. The molecule has 0 unspecified atom stereocenters. The van der Waals surface area contributed by atoms with E-state index < -0.39 is 0 Å². The summed E-state index contributed by atoms with van der Waals surface area (Å²) in [6, 6.07) is 11.4. The number of fused-ring (bicyclic) bond motifs is 1. The first-order valence-electron chi connectivity index (χ1n) is 4.15. The fraction of sp³-hybridized carbons (Fsp3) is 0. The van der Waals surface area contributed by atoms with Gasteiger partial charge in [-0.2, -0.15) is 0 Å². The molecule has 0 atom stereocenters. The van der Waals surface area contributed by atoms with E-state index in [-0.39, 0.29) is 32.7 Å². The zero-order valence-electron chi connectivity index (χ0n) is 7.77. The van der Waals surface area contributed by atoms with Crippen LogP contribution < -0.4 is 0 Å². The van der Waals surface area contributed by atoms with E-state index in [4.69, 9.17) is 0 Å². The summed E-state index contributed by atoms with van der Waals surface area (Å²) in [6.07, 6.45) is 1.77. The Morgan fingerprint density at radius 2 is 1.93 bits per heavy atom. The Balaban J connectivity index is 0.000000980. The summed E-state index contributed by atoms with van der Waals surface area (Å²) in [5, 5.41) is 11.5. The standard InChI is InChI=1S/C12H10O.Y/c1-2-9-6-7-10-4-3-5-12(13)11(10)8-9;/h2-8,13H,1H2;. The molecule has 1 N–H and O–H groups in total. The number of rotatable bonds is 1. The minimum absolute atomic E-state index is 0. The van der Waals surface area contributed by atoms with Crippen LogP contribution in [-0.2, 0) is 32.7 Å². The maximum atomic E-state index is 9.56. The van der Waals surface area contributed by atoms with Gasteiger partial charge in [-0.3, -0.25) is 0 Å².